The summed E-state index contributed by atoms with van der Waals surface area (Å²) in [5.74, 6) is -0.255. The number of benzene rings is 1. The summed E-state index contributed by atoms with van der Waals surface area (Å²) in [7, 11) is 1.32. The molecular formula is C10H11ClO3. The van der Waals surface area contributed by atoms with Gasteiger partial charge in [0, 0.05) is 0 Å². The van der Waals surface area contributed by atoms with Crippen molar-refractivity contribution in [2.75, 3.05) is 13.0 Å². The zero-order valence-electron chi connectivity index (χ0n) is 7.74. The van der Waals surface area contributed by atoms with E-state index in [-0.39, 0.29) is 5.88 Å². The van der Waals surface area contributed by atoms with E-state index in [1.54, 1.807) is 24.3 Å². The molecule has 1 rings (SSSR count). The molecule has 0 aliphatic carbocycles. The van der Waals surface area contributed by atoms with E-state index in [1.807, 2.05) is 0 Å². The summed E-state index contributed by atoms with van der Waals surface area (Å²) in [6.07, 6.45) is -0.691. The number of rotatable bonds is 3. The van der Waals surface area contributed by atoms with Crippen molar-refractivity contribution in [3.63, 3.8) is 0 Å². The molecule has 3 nitrogen and oxygen atoms in total. The Hall–Kier alpha value is -1.06. The fourth-order valence-electron chi connectivity index (χ4n) is 1.05. The first-order chi connectivity index (χ1) is 6.69. The Morgan fingerprint density at radius 1 is 1.50 bits per heavy atom. The standard InChI is InChI=1S/C10H11ClO3/c1-14-10(13)8-4-2-7(3-5-8)9(12)6-11/h2-5,9,12H,6H2,1H3/t9-/m0/s1. The van der Waals surface area contributed by atoms with Crippen LogP contribution in [-0.4, -0.2) is 24.1 Å². The van der Waals surface area contributed by atoms with Gasteiger partial charge in [-0.15, -0.1) is 11.6 Å². The van der Waals surface area contributed by atoms with Crippen LogP contribution in [0.25, 0.3) is 0 Å². The zero-order chi connectivity index (χ0) is 10.6. The summed E-state index contributed by atoms with van der Waals surface area (Å²) in [4.78, 5) is 11.1. The first kappa shape index (κ1) is 11.0. The van der Waals surface area contributed by atoms with Gasteiger partial charge in [-0.25, -0.2) is 4.79 Å². The first-order valence-electron chi connectivity index (χ1n) is 4.11. The molecule has 0 amide bonds. The molecule has 1 atom stereocenters. The van der Waals surface area contributed by atoms with Gasteiger partial charge in [-0.05, 0) is 17.7 Å². The van der Waals surface area contributed by atoms with E-state index in [9.17, 15) is 9.90 Å². The normalized spacial score (nSPS) is 12.2. The third kappa shape index (κ3) is 2.47. The molecule has 1 aromatic rings. The molecule has 0 aliphatic rings. The smallest absolute Gasteiger partial charge is 0.337 e. The summed E-state index contributed by atoms with van der Waals surface area (Å²) >= 11 is 5.47. The van der Waals surface area contributed by atoms with Crippen LogP contribution in [0, 0.1) is 0 Å². The van der Waals surface area contributed by atoms with Gasteiger partial charge in [-0.3, -0.25) is 0 Å². The maximum absolute atomic E-state index is 11.1. The molecule has 0 bridgehead atoms. The summed E-state index contributed by atoms with van der Waals surface area (Å²) in [5, 5.41) is 9.37. The molecule has 76 valence electrons. The number of methoxy groups -OCH3 is 1. The Balaban J connectivity index is 2.83. The Labute approximate surface area is 87.3 Å². The predicted molar refractivity (Wildman–Crippen MR) is 53.5 cm³/mol. The van der Waals surface area contributed by atoms with E-state index in [1.165, 1.54) is 7.11 Å². The Morgan fingerprint density at radius 2 is 2.07 bits per heavy atom. The van der Waals surface area contributed by atoms with Gasteiger partial charge in [0.2, 0.25) is 0 Å². The number of halogens is 1. The van der Waals surface area contributed by atoms with Crippen molar-refractivity contribution in [3.8, 4) is 0 Å². The van der Waals surface area contributed by atoms with Gasteiger partial charge in [-0.2, -0.15) is 0 Å². The molecule has 0 spiro atoms. The van der Waals surface area contributed by atoms with Crippen molar-refractivity contribution in [3.05, 3.63) is 35.4 Å². The molecule has 1 N–H and O–H groups in total. The molecule has 0 unspecified atom stereocenters. The number of esters is 1. The van der Waals surface area contributed by atoms with Gasteiger partial charge in [0.25, 0.3) is 0 Å². The average Bonchev–Trinajstić information content (AvgIpc) is 2.27. The first-order valence-corrected chi connectivity index (χ1v) is 4.64. The van der Waals surface area contributed by atoms with Crippen molar-refractivity contribution in [2.24, 2.45) is 0 Å². The minimum Gasteiger partial charge on any atom is -0.465 e. The number of hydrogen-bond acceptors (Lipinski definition) is 3. The third-order valence-corrected chi connectivity index (χ3v) is 2.16. The van der Waals surface area contributed by atoms with Gasteiger partial charge >= 0.3 is 5.97 Å². The van der Waals surface area contributed by atoms with Crippen LogP contribution in [0.15, 0.2) is 24.3 Å². The Kier molecular flexibility index (Phi) is 3.92. The summed E-state index contributed by atoms with van der Waals surface area (Å²) in [6, 6.07) is 6.49. The third-order valence-electron chi connectivity index (χ3n) is 1.86. The van der Waals surface area contributed by atoms with Gasteiger partial charge in [0.15, 0.2) is 0 Å². The maximum Gasteiger partial charge on any atom is 0.337 e. The highest BCUT2D eigenvalue weighted by Gasteiger charge is 2.08. The van der Waals surface area contributed by atoms with Crippen LogP contribution in [0.5, 0.6) is 0 Å². The van der Waals surface area contributed by atoms with Gasteiger partial charge in [-0.1, -0.05) is 12.1 Å². The second-order valence-electron chi connectivity index (χ2n) is 2.78. The van der Waals surface area contributed by atoms with Crippen molar-refractivity contribution in [1.29, 1.82) is 0 Å². The minimum absolute atomic E-state index is 0.136. The lowest BCUT2D eigenvalue weighted by atomic mass is 10.1. The Bertz CT molecular complexity index is 308. The Morgan fingerprint density at radius 3 is 2.50 bits per heavy atom. The van der Waals surface area contributed by atoms with Crippen molar-refractivity contribution in [1.82, 2.24) is 0 Å². The van der Waals surface area contributed by atoms with E-state index in [2.05, 4.69) is 4.74 Å². The molecule has 0 radical (unpaired) electrons. The summed E-state index contributed by atoms with van der Waals surface area (Å²) in [5.41, 5.74) is 1.14. The number of alkyl halides is 1. The molecule has 4 heteroatoms. The lowest BCUT2D eigenvalue weighted by Crippen LogP contribution is -2.03. The molecule has 1 aromatic carbocycles. The number of aliphatic hydroxyl groups excluding tert-OH is 1. The molecule has 0 heterocycles. The fourth-order valence-corrected chi connectivity index (χ4v) is 1.23. The quantitative estimate of drug-likeness (QED) is 0.616. The second kappa shape index (κ2) is 4.98. The molecule has 0 aliphatic heterocycles. The second-order valence-corrected chi connectivity index (χ2v) is 3.09. The van der Waals surface area contributed by atoms with Crippen molar-refractivity contribution >= 4 is 17.6 Å². The van der Waals surface area contributed by atoms with Crippen LogP contribution in [0.4, 0.5) is 0 Å². The molecule has 0 fully saturated rings. The highest BCUT2D eigenvalue weighted by atomic mass is 35.5. The lowest BCUT2D eigenvalue weighted by molar-refractivity contribution is 0.0600. The highest BCUT2D eigenvalue weighted by Crippen LogP contribution is 2.15. The topological polar surface area (TPSA) is 46.5 Å². The lowest BCUT2D eigenvalue weighted by Gasteiger charge is -2.07. The number of ether oxygens (including phenoxy) is 1. The van der Waals surface area contributed by atoms with E-state index in [0.29, 0.717) is 11.1 Å². The summed E-state index contributed by atoms with van der Waals surface area (Å²) in [6.45, 7) is 0. The van der Waals surface area contributed by atoms with Crippen LogP contribution in [0.2, 0.25) is 0 Å². The molecular weight excluding hydrogens is 204 g/mol. The van der Waals surface area contributed by atoms with E-state index in [4.69, 9.17) is 11.6 Å². The van der Waals surface area contributed by atoms with E-state index < -0.39 is 12.1 Å². The number of hydrogen-bond donors (Lipinski definition) is 1. The zero-order valence-corrected chi connectivity index (χ0v) is 8.49. The largest absolute Gasteiger partial charge is 0.465 e. The molecule has 0 aromatic heterocycles. The van der Waals surface area contributed by atoms with Gasteiger partial charge in [0.1, 0.15) is 0 Å². The van der Waals surface area contributed by atoms with Crippen LogP contribution in [-0.2, 0) is 4.74 Å². The van der Waals surface area contributed by atoms with Crippen LogP contribution in [0.1, 0.15) is 22.0 Å². The number of carbonyl (C=O) groups is 1. The number of aliphatic hydroxyl groups is 1. The SMILES string of the molecule is COC(=O)c1ccc([C@@H](O)CCl)cc1. The van der Waals surface area contributed by atoms with Gasteiger partial charge in [0.05, 0.1) is 24.7 Å². The molecule has 0 saturated carbocycles. The van der Waals surface area contributed by atoms with Crippen LogP contribution in [0.3, 0.4) is 0 Å². The van der Waals surface area contributed by atoms with Crippen molar-refractivity contribution < 1.29 is 14.6 Å². The molecule has 14 heavy (non-hydrogen) atoms. The average molecular weight is 215 g/mol. The van der Waals surface area contributed by atoms with Gasteiger partial charge < -0.3 is 9.84 Å². The predicted octanol–water partition coefficient (Wildman–Crippen LogP) is 1.75. The molecule has 0 saturated heterocycles. The van der Waals surface area contributed by atoms with E-state index >= 15 is 0 Å². The monoisotopic (exact) mass is 214 g/mol. The van der Waals surface area contributed by atoms with Crippen LogP contribution < -0.4 is 0 Å². The van der Waals surface area contributed by atoms with Crippen LogP contribution >= 0.6 is 11.6 Å². The summed E-state index contributed by atoms with van der Waals surface area (Å²) < 4.78 is 4.54. The van der Waals surface area contributed by atoms with Crippen molar-refractivity contribution in [2.45, 2.75) is 6.10 Å². The fraction of sp³-hybridized carbons (Fsp3) is 0.300. The maximum atomic E-state index is 11.1. The number of carbonyl (C=O) groups excluding carboxylic acids is 1. The van der Waals surface area contributed by atoms with E-state index in [0.717, 1.165) is 0 Å². The highest BCUT2D eigenvalue weighted by molar-refractivity contribution is 6.18. The minimum atomic E-state index is -0.691.